The molecule has 2 nitrogen and oxygen atoms in total. The lowest BCUT2D eigenvalue weighted by molar-refractivity contribution is 0.201. The van der Waals surface area contributed by atoms with Crippen LogP contribution in [0.4, 0.5) is 0 Å². The Morgan fingerprint density at radius 1 is 1.35 bits per heavy atom. The van der Waals surface area contributed by atoms with Crippen LogP contribution in [0.5, 0.6) is 0 Å². The monoisotopic (exact) mass is 296 g/mol. The van der Waals surface area contributed by atoms with E-state index in [0.717, 1.165) is 12.6 Å². The number of rotatable bonds is 4. The first-order valence-corrected chi connectivity index (χ1v) is 7.08. The number of hydrogen-bond donors (Lipinski definition) is 0. The molecular formula is C14H21BrN2. The first kappa shape index (κ1) is 13.1. The summed E-state index contributed by atoms with van der Waals surface area (Å²) in [6.07, 6.45) is 2.67. The van der Waals surface area contributed by atoms with Gasteiger partial charge in [-0.2, -0.15) is 0 Å². The fourth-order valence-electron chi connectivity index (χ4n) is 2.58. The van der Waals surface area contributed by atoms with Gasteiger partial charge in [0, 0.05) is 23.6 Å². The number of hydrogen-bond acceptors (Lipinski definition) is 2. The number of benzene rings is 1. The maximum atomic E-state index is 3.64. The average molecular weight is 297 g/mol. The van der Waals surface area contributed by atoms with Gasteiger partial charge in [-0.1, -0.05) is 34.1 Å². The molecule has 1 aliphatic heterocycles. The van der Waals surface area contributed by atoms with Crippen molar-refractivity contribution in [2.75, 3.05) is 27.2 Å². The second-order valence-electron chi connectivity index (χ2n) is 5.12. The molecule has 1 aliphatic rings. The van der Waals surface area contributed by atoms with E-state index in [4.69, 9.17) is 0 Å². The first-order valence-electron chi connectivity index (χ1n) is 6.29. The van der Waals surface area contributed by atoms with E-state index in [1.807, 2.05) is 0 Å². The van der Waals surface area contributed by atoms with Crippen molar-refractivity contribution in [3.63, 3.8) is 0 Å². The van der Waals surface area contributed by atoms with E-state index in [1.54, 1.807) is 0 Å². The van der Waals surface area contributed by atoms with Gasteiger partial charge in [-0.15, -0.1) is 0 Å². The average Bonchev–Trinajstić information content (AvgIpc) is 2.68. The summed E-state index contributed by atoms with van der Waals surface area (Å²) in [6.45, 7) is 3.48. The normalized spacial score (nSPS) is 21.3. The Hall–Kier alpha value is -0.380. The topological polar surface area (TPSA) is 6.48 Å². The fourth-order valence-corrected chi connectivity index (χ4v) is 2.99. The van der Waals surface area contributed by atoms with Gasteiger partial charge in [0.1, 0.15) is 0 Å². The highest BCUT2D eigenvalue weighted by Crippen LogP contribution is 2.24. The van der Waals surface area contributed by atoms with E-state index in [9.17, 15) is 0 Å². The van der Waals surface area contributed by atoms with Gasteiger partial charge >= 0.3 is 0 Å². The highest BCUT2D eigenvalue weighted by molar-refractivity contribution is 9.10. The lowest BCUT2D eigenvalue weighted by Crippen LogP contribution is -2.37. The molecule has 2 rings (SSSR count). The van der Waals surface area contributed by atoms with Crippen molar-refractivity contribution in [3.8, 4) is 0 Å². The predicted molar refractivity (Wildman–Crippen MR) is 76.1 cm³/mol. The van der Waals surface area contributed by atoms with Crippen LogP contribution < -0.4 is 0 Å². The van der Waals surface area contributed by atoms with Gasteiger partial charge in [0.25, 0.3) is 0 Å². The SMILES string of the molecule is CN(C)CC1CCCN1Cc1ccccc1Br. The molecule has 0 aliphatic carbocycles. The van der Waals surface area contributed by atoms with E-state index in [0.29, 0.717) is 0 Å². The van der Waals surface area contributed by atoms with Gasteiger partial charge in [-0.3, -0.25) is 4.90 Å². The van der Waals surface area contributed by atoms with Gasteiger partial charge in [0.05, 0.1) is 0 Å². The molecule has 1 aromatic carbocycles. The van der Waals surface area contributed by atoms with Crippen LogP contribution >= 0.6 is 15.9 Å². The molecule has 1 aromatic rings. The molecule has 94 valence electrons. The molecule has 0 amide bonds. The molecule has 0 bridgehead atoms. The maximum absolute atomic E-state index is 3.64. The lowest BCUT2D eigenvalue weighted by atomic mass is 10.2. The highest BCUT2D eigenvalue weighted by Gasteiger charge is 2.25. The van der Waals surface area contributed by atoms with Crippen LogP contribution in [0.2, 0.25) is 0 Å². The van der Waals surface area contributed by atoms with Gasteiger partial charge in [-0.05, 0) is 45.1 Å². The van der Waals surface area contributed by atoms with E-state index in [2.05, 4.69) is 64.1 Å². The van der Waals surface area contributed by atoms with E-state index >= 15 is 0 Å². The van der Waals surface area contributed by atoms with Crippen LogP contribution in [0, 0.1) is 0 Å². The van der Waals surface area contributed by atoms with Gasteiger partial charge < -0.3 is 4.90 Å². The Kier molecular flexibility index (Phi) is 4.60. The molecule has 0 aromatic heterocycles. The van der Waals surface area contributed by atoms with Crippen molar-refractivity contribution in [2.24, 2.45) is 0 Å². The number of nitrogens with zero attached hydrogens (tertiary/aromatic N) is 2. The van der Waals surface area contributed by atoms with Crippen LogP contribution in [-0.4, -0.2) is 43.0 Å². The molecule has 1 saturated heterocycles. The molecule has 1 heterocycles. The Labute approximate surface area is 113 Å². The number of halogens is 1. The van der Waals surface area contributed by atoms with Crippen molar-refractivity contribution in [3.05, 3.63) is 34.3 Å². The lowest BCUT2D eigenvalue weighted by Gasteiger charge is -2.27. The predicted octanol–water partition coefficient (Wildman–Crippen LogP) is 2.98. The van der Waals surface area contributed by atoms with Crippen molar-refractivity contribution in [1.29, 1.82) is 0 Å². The van der Waals surface area contributed by atoms with Crippen molar-refractivity contribution >= 4 is 15.9 Å². The molecular weight excluding hydrogens is 276 g/mol. The zero-order valence-corrected chi connectivity index (χ0v) is 12.3. The molecule has 1 atom stereocenters. The Bertz CT molecular complexity index is 365. The van der Waals surface area contributed by atoms with Crippen LogP contribution in [-0.2, 0) is 6.54 Å². The minimum atomic E-state index is 0.720. The standard InChI is InChI=1S/C14H21BrN2/c1-16(2)11-13-7-5-9-17(13)10-12-6-3-4-8-14(12)15/h3-4,6,8,13H,5,7,9-11H2,1-2H3. The van der Waals surface area contributed by atoms with Crippen molar-refractivity contribution < 1.29 is 0 Å². The van der Waals surface area contributed by atoms with E-state index in [1.165, 1.54) is 36.0 Å². The molecule has 1 unspecified atom stereocenters. The number of likely N-dealkylation sites (N-methyl/N-ethyl adjacent to an activating group) is 1. The molecule has 3 heteroatoms. The Morgan fingerprint density at radius 2 is 2.12 bits per heavy atom. The summed E-state index contributed by atoms with van der Waals surface area (Å²) in [7, 11) is 4.32. The van der Waals surface area contributed by atoms with Gasteiger partial charge in [0.2, 0.25) is 0 Å². The van der Waals surface area contributed by atoms with Crippen LogP contribution in [0.1, 0.15) is 18.4 Å². The molecule has 0 spiro atoms. The van der Waals surface area contributed by atoms with Crippen molar-refractivity contribution in [2.45, 2.75) is 25.4 Å². The molecule has 0 saturated carbocycles. The third-order valence-electron chi connectivity index (χ3n) is 3.41. The fraction of sp³-hybridized carbons (Fsp3) is 0.571. The summed E-state index contributed by atoms with van der Waals surface area (Å²) >= 11 is 3.64. The minimum absolute atomic E-state index is 0.720. The Morgan fingerprint density at radius 3 is 2.82 bits per heavy atom. The largest absolute Gasteiger partial charge is 0.308 e. The summed E-state index contributed by atoms with van der Waals surface area (Å²) in [5, 5.41) is 0. The maximum Gasteiger partial charge on any atom is 0.0248 e. The molecule has 1 fully saturated rings. The van der Waals surface area contributed by atoms with E-state index < -0.39 is 0 Å². The molecule has 0 radical (unpaired) electrons. The first-order chi connectivity index (χ1) is 8.16. The molecule has 0 N–H and O–H groups in total. The van der Waals surface area contributed by atoms with E-state index in [-0.39, 0.29) is 0 Å². The van der Waals surface area contributed by atoms with Gasteiger partial charge in [0.15, 0.2) is 0 Å². The second kappa shape index (κ2) is 5.98. The summed E-state index contributed by atoms with van der Waals surface area (Å²) in [5.74, 6) is 0. The second-order valence-corrected chi connectivity index (χ2v) is 5.97. The summed E-state index contributed by atoms with van der Waals surface area (Å²) in [6, 6.07) is 9.27. The Balaban J connectivity index is 2.00. The molecule has 17 heavy (non-hydrogen) atoms. The third-order valence-corrected chi connectivity index (χ3v) is 4.18. The van der Waals surface area contributed by atoms with Crippen LogP contribution in [0.25, 0.3) is 0 Å². The zero-order chi connectivity index (χ0) is 12.3. The third kappa shape index (κ3) is 3.54. The summed E-state index contributed by atoms with van der Waals surface area (Å²) in [5.41, 5.74) is 1.40. The van der Waals surface area contributed by atoms with Gasteiger partial charge in [-0.25, -0.2) is 0 Å². The van der Waals surface area contributed by atoms with Crippen LogP contribution in [0.15, 0.2) is 28.7 Å². The minimum Gasteiger partial charge on any atom is -0.308 e. The number of likely N-dealkylation sites (tertiary alicyclic amines) is 1. The summed E-state index contributed by atoms with van der Waals surface area (Å²) < 4.78 is 1.23. The van der Waals surface area contributed by atoms with Crippen LogP contribution in [0.3, 0.4) is 0 Å². The summed E-state index contributed by atoms with van der Waals surface area (Å²) in [4.78, 5) is 4.91. The highest BCUT2D eigenvalue weighted by atomic mass is 79.9. The smallest absolute Gasteiger partial charge is 0.0248 e. The quantitative estimate of drug-likeness (QED) is 0.843. The van der Waals surface area contributed by atoms with Crippen molar-refractivity contribution in [1.82, 2.24) is 9.80 Å². The zero-order valence-electron chi connectivity index (χ0n) is 10.7.